The predicted molar refractivity (Wildman–Crippen MR) is 56.2 cm³/mol. The smallest absolute Gasteiger partial charge is 0.249 e. The summed E-state index contributed by atoms with van der Waals surface area (Å²) in [5.74, 6) is 0. The minimum absolute atomic E-state index is 0.0726. The molecule has 0 spiro atoms. The van der Waals surface area contributed by atoms with Gasteiger partial charge >= 0.3 is 15.6 Å². The van der Waals surface area contributed by atoms with E-state index in [2.05, 4.69) is 10.9 Å². The van der Waals surface area contributed by atoms with Gasteiger partial charge in [-0.2, -0.15) is 21.6 Å². The summed E-state index contributed by atoms with van der Waals surface area (Å²) < 4.78 is 60.3. The van der Waals surface area contributed by atoms with Crippen LogP contribution < -0.4 is 5.48 Å². The molecular weight excluding hydrogens is 259 g/mol. The van der Waals surface area contributed by atoms with Crippen LogP contribution in [0.5, 0.6) is 0 Å². The lowest BCUT2D eigenvalue weighted by Crippen LogP contribution is -2.27. The van der Waals surface area contributed by atoms with Crippen molar-refractivity contribution in [2.45, 2.75) is 5.51 Å². The molecule has 0 fully saturated rings. The van der Waals surface area contributed by atoms with Gasteiger partial charge in [0.2, 0.25) is 0 Å². The number of hydrogen-bond donors (Lipinski definition) is 1. The first-order valence-electron chi connectivity index (χ1n) is 4.24. The lowest BCUT2D eigenvalue weighted by atomic mass is 10.2. The summed E-state index contributed by atoms with van der Waals surface area (Å²) in [6.07, 6.45) is 1.52. The fourth-order valence-electron chi connectivity index (χ4n) is 0.837. The van der Waals surface area contributed by atoms with E-state index in [9.17, 15) is 21.6 Å². The molecule has 0 saturated carbocycles. The van der Waals surface area contributed by atoms with Gasteiger partial charge in [-0.1, -0.05) is 24.8 Å². The zero-order valence-corrected chi connectivity index (χ0v) is 9.18. The monoisotopic (exact) mass is 267 g/mol. The van der Waals surface area contributed by atoms with Crippen molar-refractivity contribution in [3.05, 3.63) is 36.4 Å². The minimum atomic E-state index is -5.64. The number of halogens is 3. The van der Waals surface area contributed by atoms with Crippen LogP contribution in [0.3, 0.4) is 0 Å². The van der Waals surface area contributed by atoms with Crippen LogP contribution in [0.4, 0.5) is 18.9 Å². The highest BCUT2D eigenvalue weighted by Crippen LogP contribution is 2.25. The highest BCUT2D eigenvalue weighted by molar-refractivity contribution is 7.87. The van der Waals surface area contributed by atoms with Crippen LogP contribution >= 0.6 is 0 Å². The molecule has 0 bridgehead atoms. The molecule has 0 heterocycles. The SMILES string of the molecule is C=Cc1ccc(NOS(=O)(=O)C(F)(F)F)cc1. The van der Waals surface area contributed by atoms with E-state index in [-0.39, 0.29) is 5.69 Å². The highest BCUT2D eigenvalue weighted by atomic mass is 32.2. The summed E-state index contributed by atoms with van der Waals surface area (Å²) in [6.45, 7) is 3.48. The fourth-order valence-corrected chi connectivity index (χ4v) is 1.14. The molecule has 0 saturated heterocycles. The second-order valence-corrected chi connectivity index (χ2v) is 4.45. The first-order valence-corrected chi connectivity index (χ1v) is 5.65. The summed E-state index contributed by atoms with van der Waals surface area (Å²) in [4.78, 5) is 0. The van der Waals surface area contributed by atoms with Crippen molar-refractivity contribution in [3.8, 4) is 0 Å². The van der Waals surface area contributed by atoms with Gasteiger partial charge in [-0.25, -0.2) is 5.48 Å². The van der Waals surface area contributed by atoms with Crippen molar-refractivity contribution < 1.29 is 25.9 Å². The van der Waals surface area contributed by atoms with E-state index < -0.39 is 15.6 Å². The Labute approximate surface area is 95.8 Å². The third-order valence-electron chi connectivity index (χ3n) is 1.70. The molecule has 0 unspecified atom stereocenters. The van der Waals surface area contributed by atoms with Gasteiger partial charge in [-0.05, 0) is 17.7 Å². The second-order valence-electron chi connectivity index (χ2n) is 2.91. The van der Waals surface area contributed by atoms with Crippen molar-refractivity contribution in [2.75, 3.05) is 5.48 Å². The summed E-state index contributed by atoms with van der Waals surface area (Å²) in [7, 11) is -5.64. The molecule has 0 aliphatic carbocycles. The van der Waals surface area contributed by atoms with Crippen LogP contribution in [0.2, 0.25) is 0 Å². The van der Waals surface area contributed by atoms with E-state index in [1.807, 2.05) is 0 Å². The Kier molecular flexibility index (Phi) is 3.79. The van der Waals surface area contributed by atoms with Crippen molar-refractivity contribution in [3.63, 3.8) is 0 Å². The molecule has 1 aromatic rings. The largest absolute Gasteiger partial charge is 0.525 e. The molecule has 1 N–H and O–H groups in total. The lowest BCUT2D eigenvalue weighted by Gasteiger charge is -2.09. The third-order valence-corrected chi connectivity index (χ3v) is 2.57. The minimum Gasteiger partial charge on any atom is -0.249 e. The van der Waals surface area contributed by atoms with Crippen LogP contribution in [-0.2, 0) is 14.4 Å². The zero-order chi connectivity index (χ0) is 13.1. The Morgan fingerprint density at radius 1 is 1.24 bits per heavy atom. The van der Waals surface area contributed by atoms with Crippen LogP contribution in [-0.4, -0.2) is 13.9 Å². The van der Waals surface area contributed by atoms with E-state index in [0.29, 0.717) is 0 Å². The molecule has 8 heteroatoms. The van der Waals surface area contributed by atoms with Crippen molar-refractivity contribution in [2.24, 2.45) is 0 Å². The summed E-state index contributed by atoms with van der Waals surface area (Å²) in [5.41, 5.74) is -2.95. The molecule has 0 aromatic heterocycles. The molecule has 17 heavy (non-hydrogen) atoms. The molecule has 0 aliphatic heterocycles. The molecule has 1 aromatic carbocycles. The predicted octanol–water partition coefficient (Wildman–Crippen LogP) is 2.52. The average Bonchev–Trinajstić information content (AvgIpc) is 2.25. The molecule has 1 rings (SSSR count). The molecule has 94 valence electrons. The Balaban J connectivity index is 2.71. The van der Waals surface area contributed by atoms with Crippen LogP contribution in [0.15, 0.2) is 30.8 Å². The van der Waals surface area contributed by atoms with E-state index >= 15 is 0 Å². The molecule has 0 aliphatic rings. The van der Waals surface area contributed by atoms with Crippen LogP contribution in [0.25, 0.3) is 6.08 Å². The van der Waals surface area contributed by atoms with Gasteiger partial charge in [-0.15, -0.1) is 4.28 Å². The summed E-state index contributed by atoms with van der Waals surface area (Å²) in [6, 6.07) is 5.75. The number of rotatable bonds is 4. The van der Waals surface area contributed by atoms with E-state index in [1.54, 1.807) is 5.48 Å². The Bertz CT molecular complexity index is 493. The maximum absolute atomic E-state index is 11.9. The van der Waals surface area contributed by atoms with Crippen LogP contribution in [0, 0.1) is 0 Å². The van der Waals surface area contributed by atoms with Gasteiger partial charge in [-0.3, -0.25) is 0 Å². The van der Waals surface area contributed by atoms with Gasteiger partial charge in [0.05, 0.1) is 5.69 Å². The maximum atomic E-state index is 11.9. The molecule has 0 amide bonds. The lowest BCUT2D eigenvalue weighted by molar-refractivity contribution is -0.0526. The first kappa shape index (κ1) is 13.5. The quantitative estimate of drug-likeness (QED) is 0.672. The van der Waals surface area contributed by atoms with Gasteiger partial charge in [0.15, 0.2) is 0 Å². The average molecular weight is 267 g/mol. The Hall–Kier alpha value is -1.54. The Morgan fingerprint density at radius 2 is 1.76 bits per heavy atom. The van der Waals surface area contributed by atoms with Crippen molar-refractivity contribution >= 4 is 21.9 Å². The molecule has 0 radical (unpaired) electrons. The molecule has 4 nitrogen and oxygen atoms in total. The second kappa shape index (κ2) is 4.76. The van der Waals surface area contributed by atoms with Crippen molar-refractivity contribution in [1.82, 2.24) is 0 Å². The Morgan fingerprint density at radius 3 is 2.18 bits per heavy atom. The number of anilines is 1. The highest BCUT2D eigenvalue weighted by Gasteiger charge is 2.48. The number of alkyl halides is 3. The number of nitrogens with one attached hydrogen (secondary N) is 1. The van der Waals surface area contributed by atoms with Gasteiger partial charge < -0.3 is 0 Å². The van der Waals surface area contributed by atoms with Gasteiger partial charge in [0.1, 0.15) is 0 Å². The number of benzene rings is 1. The summed E-state index contributed by atoms with van der Waals surface area (Å²) in [5, 5.41) is 0. The zero-order valence-electron chi connectivity index (χ0n) is 8.36. The van der Waals surface area contributed by atoms with Crippen LogP contribution in [0.1, 0.15) is 5.56 Å². The fraction of sp³-hybridized carbons (Fsp3) is 0.111. The van der Waals surface area contributed by atoms with E-state index in [4.69, 9.17) is 0 Å². The first-order chi connectivity index (χ1) is 7.76. The standard InChI is InChI=1S/C9H8F3NO3S/c1-2-7-3-5-8(6-4-7)13-16-17(14,15)9(10,11)12/h2-6,13H,1H2. The van der Waals surface area contributed by atoms with Crippen molar-refractivity contribution in [1.29, 1.82) is 0 Å². The summed E-state index contributed by atoms with van der Waals surface area (Å²) >= 11 is 0. The van der Waals surface area contributed by atoms with Gasteiger partial charge in [0.25, 0.3) is 0 Å². The number of hydrogen-bond acceptors (Lipinski definition) is 4. The van der Waals surface area contributed by atoms with Gasteiger partial charge in [0, 0.05) is 0 Å². The third kappa shape index (κ3) is 3.46. The maximum Gasteiger partial charge on any atom is 0.525 e. The topological polar surface area (TPSA) is 55.4 Å². The normalized spacial score (nSPS) is 12.2. The molecular formula is C9H8F3NO3S. The van der Waals surface area contributed by atoms with E-state index in [1.165, 1.54) is 30.3 Å². The van der Waals surface area contributed by atoms with E-state index in [0.717, 1.165) is 5.56 Å². The molecule has 0 atom stereocenters.